The van der Waals surface area contributed by atoms with Gasteiger partial charge in [0.2, 0.25) is 0 Å². The smallest absolute Gasteiger partial charge is 0.153 e. The minimum absolute atomic E-state index is 0.0844. The van der Waals surface area contributed by atoms with Crippen LogP contribution < -0.4 is 0 Å². The van der Waals surface area contributed by atoms with Crippen molar-refractivity contribution in [1.29, 1.82) is 0 Å². The summed E-state index contributed by atoms with van der Waals surface area (Å²) in [6, 6.07) is 2.89. The molecule has 1 aromatic carbocycles. The molecule has 0 amide bonds. The number of carbonyl (C=O) groups is 1. The van der Waals surface area contributed by atoms with Crippen molar-refractivity contribution in [3.8, 4) is 0 Å². The summed E-state index contributed by atoms with van der Waals surface area (Å²) in [7, 11) is 0. The predicted octanol–water partition coefficient (Wildman–Crippen LogP) is 3.14. The molecule has 4 heteroatoms. The summed E-state index contributed by atoms with van der Waals surface area (Å²) in [6.45, 7) is 0. The Morgan fingerprint density at radius 2 is 2.23 bits per heavy atom. The van der Waals surface area contributed by atoms with Crippen molar-refractivity contribution >= 4 is 40.3 Å². The number of benzene rings is 1. The van der Waals surface area contributed by atoms with Crippen LogP contribution in [0.3, 0.4) is 0 Å². The molecule has 1 heterocycles. The highest BCUT2D eigenvalue weighted by molar-refractivity contribution is 7.80. The van der Waals surface area contributed by atoms with Crippen LogP contribution in [0, 0.1) is 5.82 Å². The van der Waals surface area contributed by atoms with Crippen LogP contribution in [0.4, 0.5) is 4.39 Å². The lowest BCUT2D eigenvalue weighted by molar-refractivity contribution is 0.112. The molecular weight excluding hydrogens is 207 g/mol. The Kier molecular flexibility index (Phi) is 2.09. The number of hydrogen-bond donors (Lipinski definition) is 1. The van der Waals surface area contributed by atoms with Gasteiger partial charge in [0, 0.05) is 20.4 Å². The van der Waals surface area contributed by atoms with E-state index in [0.29, 0.717) is 6.29 Å². The Bertz CT molecular complexity index is 476. The second-order valence-corrected chi connectivity index (χ2v) is 4.00. The van der Waals surface area contributed by atoms with Gasteiger partial charge in [-0.1, -0.05) is 0 Å². The molecule has 13 heavy (non-hydrogen) atoms. The second-order valence-electron chi connectivity index (χ2n) is 2.61. The summed E-state index contributed by atoms with van der Waals surface area (Å²) in [5.41, 5.74) is 0.0844. The zero-order chi connectivity index (χ0) is 9.42. The van der Waals surface area contributed by atoms with Crippen LogP contribution in [-0.2, 0) is 0 Å². The lowest BCUT2D eigenvalue weighted by atomic mass is 10.2. The van der Waals surface area contributed by atoms with Crippen LogP contribution >= 0.6 is 24.0 Å². The molecule has 0 aliphatic heterocycles. The fraction of sp³-hybridized carbons (Fsp3) is 0. The van der Waals surface area contributed by atoms with Crippen LogP contribution in [0.25, 0.3) is 10.1 Å². The molecule has 1 aromatic heterocycles. The van der Waals surface area contributed by atoms with Gasteiger partial charge in [-0.2, -0.15) is 0 Å². The molecule has 0 unspecified atom stereocenters. The minimum atomic E-state index is -0.474. The molecule has 1 nitrogen and oxygen atoms in total. The topological polar surface area (TPSA) is 17.1 Å². The molecule has 0 bridgehead atoms. The number of thiophene rings is 1. The zero-order valence-corrected chi connectivity index (χ0v) is 8.16. The van der Waals surface area contributed by atoms with E-state index in [-0.39, 0.29) is 5.56 Å². The van der Waals surface area contributed by atoms with Crippen molar-refractivity contribution in [2.45, 2.75) is 4.90 Å². The van der Waals surface area contributed by atoms with Crippen molar-refractivity contribution in [2.24, 2.45) is 0 Å². The number of thiol groups is 1. The first-order valence-corrected chi connectivity index (χ1v) is 4.90. The van der Waals surface area contributed by atoms with E-state index in [1.165, 1.54) is 23.5 Å². The molecule has 0 spiro atoms. The Labute approximate surface area is 83.6 Å². The largest absolute Gasteiger partial charge is 0.298 e. The third-order valence-electron chi connectivity index (χ3n) is 1.80. The fourth-order valence-electron chi connectivity index (χ4n) is 1.14. The Balaban J connectivity index is 2.84. The Hall–Kier alpha value is -0.870. The van der Waals surface area contributed by atoms with Crippen molar-refractivity contribution in [3.05, 3.63) is 28.9 Å². The number of carbonyl (C=O) groups excluding carboxylic acids is 1. The van der Waals surface area contributed by atoms with E-state index in [1.807, 2.05) is 5.38 Å². The molecule has 0 saturated heterocycles. The van der Waals surface area contributed by atoms with Gasteiger partial charge in [0.15, 0.2) is 6.29 Å². The first kappa shape index (κ1) is 8.72. The molecule has 0 aliphatic carbocycles. The van der Waals surface area contributed by atoms with E-state index in [9.17, 15) is 9.18 Å². The van der Waals surface area contributed by atoms with Crippen molar-refractivity contribution < 1.29 is 9.18 Å². The SMILES string of the molecule is O=Cc1cc2c(S)csc2cc1F. The Morgan fingerprint density at radius 1 is 1.46 bits per heavy atom. The van der Waals surface area contributed by atoms with E-state index in [2.05, 4.69) is 12.6 Å². The molecule has 0 aliphatic rings. The summed E-state index contributed by atoms with van der Waals surface area (Å²) in [4.78, 5) is 11.2. The molecular formula is C9H5FOS2. The number of fused-ring (bicyclic) bond motifs is 1. The van der Waals surface area contributed by atoms with Crippen LogP contribution in [0.5, 0.6) is 0 Å². The molecule has 0 radical (unpaired) electrons. The minimum Gasteiger partial charge on any atom is -0.298 e. The van der Waals surface area contributed by atoms with Crippen LogP contribution in [-0.4, -0.2) is 6.29 Å². The van der Waals surface area contributed by atoms with Crippen molar-refractivity contribution in [1.82, 2.24) is 0 Å². The van der Waals surface area contributed by atoms with Gasteiger partial charge < -0.3 is 0 Å². The molecule has 0 N–H and O–H groups in total. The first-order chi connectivity index (χ1) is 6.22. The normalized spacial score (nSPS) is 10.6. The second kappa shape index (κ2) is 3.12. The van der Waals surface area contributed by atoms with Crippen LogP contribution in [0.15, 0.2) is 22.4 Å². The average molecular weight is 212 g/mol. The van der Waals surface area contributed by atoms with E-state index < -0.39 is 5.82 Å². The van der Waals surface area contributed by atoms with Gasteiger partial charge in [-0.15, -0.1) is 24.0 Å². The zero-order valence-electron chi connectivity index (χ0n) is 6.45. The van der Waals surface area contributed by atoms with E-state index in [0.717, 1.165) is 15.0 Å². The summed E-state index contributed by atoms with van der Waals surface area (Å²) < 4.78 is 13.9. The summed E-state index contributed by atoms with van der Waals surface area (Å²) in [5.74, 6) is -0.474. The van der Waals surface area contributed by atoms with Crippen LogP contribution in [0.1, 0.15) is 10.4 Å². The average Bonchev–Trinajstić information content (AvgIpc) is 2.46. The van der Waals surface area contributed by atoms with Gasteiger partial charge in [0.1, 0.15) is 5.82 Å². The lowest BCUT2D eigenvalue weighted by Crippen LogP contribution is -1.85. The highest BCUT2D eigenvalue weighted by Gasteiger charge is 2.06. The van der Waals surface area contributed by atoms with Crippen molar-refractivity contribution in [3.63, 3.8) is 0 Å². The number of halogens is 1. The van der Waals surface area contributed by atoms with Gasteiger partial charge in [0.25, 0.3) is 0 Å². The highest BCUT2D eigenvalue weighted by Crippen LogP contribution is 2.30. The molecule has 2 rings (SSSR count). The van der Waals surface area contributed by atoms with Crippen molar-refractivity contribution in [2.75, 3.05) is 0 Å². The number of hydrogen-bond acceptors (Lipinski definition) is 3. The third kappa shape index (κ3) is 1.36. The molecule has 2 aromatic rings. The van der Waals surface area contributed by atoms with Gasteiger partial charge in [-0.3, -0.25) is 4.79 Å². The maximum absolute atomic E-state index is 13.1. The monoisotopic (exact) mass is 212 g/mol. The molecule has 0 saturated carbocycles. The maximum Gasteiger partial charge on any atom is 0.153 e. The standard InChI is InChI=1S/C9H5FOS2/c10-7-2-9-6(1-5(7)3-11)8(12)4-13-9/h1-4,12H. The third-order valence-corrected chi connectivity index (χ3v) is 3.29. The first-order valence-electron chi connectivity index (χ1n) is 3.57. The van der Waals surface area contributed by atoms with Gasteiger partial charge in [-0.25, -0.2) is 4.39 Å². The summed E-state index contributed by atoms with van der Waals surface area (Å²) in [5, 5.41) is 2.65. The summed E-state index contributed by atoms with van der Waals surface area (Å²) in [6.07, 6.45) is 0.514. The number of rotatable bonds is 1. The quantitative estimate of drug-likeness (QED) is 0.567. The predicted molar refractivity (Wildman–Crippen MR) is 54.4 cm³/mol. The van der Waals surface area contributed by atoms with Crippen LogP contribution in [0.2, 0.25) is 0 Å². The van der Waals surface area contributed by atoms with E-state index in [1.54, 1.807) is 0 Å². The lowest BCUT2D eigenvalue weighted by Gasteiger charge is -1.95. The molecule has 66 valence electrons. The molecule has 0 fully saturated rings. The highest BCUT2D eigenvalue weighted by atomic mass is 32.1. The fourth-order valence-corrected chi connectivity index (χ4v) is 2.39. The maximum atomic E-state index is 13.1. The van der Waals surface area contributed by atoms with E-state index >= 15 is 0 Å². The number of aldehydes is 1. The van der Waals surface area contributed by atoms with Gasteiger partial charge in [0.05, 0.1) is 5.56 Å². The van der Waals surface area contributed by atoms with E-state index in [4.69, 9.17) is 0 Å². The Morgan fingerprint density at radius 3 is 2.92 bits per heavy atom. The van der Waals surface area contributed by atoms with Gasteiger partial charge >= 0.3 is 0 Å². The summed E-state index contributed by atoms with van der Waals surface area (Å²) >= 11 is 5.61. The van der Waals surface area contributed by atoms with Gasteiger partial charge in [-0.05, 0) is 12.1 Å². The molecule has 0 atom stereocenters.